The second-order valence-corrected chi connectivity index (χ2v) is 6.29. The van der Waals surface area contributed by atoms with E-state index in [-0.39, 0.29) is 4.66 Å². The van der Waals surface area contributed by atoms with Crippen LogP contribution >= 0.6 is 15.9 Å². The summed E-state index contributed by atoms with van der Waals surface area (Å²) in [5, 5.41) is 0. The van der Waals surface area contributed by atoms with Gasteiger partial charge in [-0.3, -0.25) is 0 Å². The normalized spacial score (nSPS) is 12.2. The Bertz CT molecular complexity index is 248. The van der Waals surface area contributed by atoms with Crippen molar-refractivity contribution in [3.8, 4) is 0 Å². The molecule has 0 heterocycles. The van der Waals surface area contributed by atoms with E-state index in [0.717, 1.165) is 0 Å². The summed E-state index contributed by atoms with van der Waals surface area (Å²) >= 11 is 2.98. The summed E-state index contributed by atoms with van der Waals surface area (Å²) in [6, 6.07) is 0. The van der Waals surface area contributed by atoms with Gasteiger partial charge in [0, 0.05) is 26.3 Å². The third kappa shape index (κ3) is 6.80. The van der Waals surface area contributed by atoms with E-state index in [0.29, 0.717) is 39.5 Å². The molecule has 98 valence electrons. The van der Waals surface area contributed by atoms with Crippen LogP contribution in [0.2, 0.25) is 0 Å². The van der Waals surface area contributed by atoms with E-state index in [1.54, 1.807) is 0 Å². The second-order valence-electron chi connectivity index (χ2n) is 3.01. The van der Waals surface area contributed by atoms with Gasteiger partial charge in [-0.15, -0.1) is 0 Å². The quantitative estimate of drug-likeness (QED) is 0.446. The molecule has 0 N–H and O–H groups in total. The van der Waals surface area contributed by atoms with Gasteiger partial charge >= 0.3 is 0 Å². The zero-order valence-electron chi connectivity index (χ0n) is 9.82. The first-order valence-corrected chi connectivity index (χ1v) is 8.00. The topological polar surface area (TPSA) is 55.8 Å². The molecule has 0 aromatic rings. The van der Waals surface area contributed by atoms with Crippen molar-refractivity contribution in [2.75, 3.05) is 44.2 Å². The van der Waals surface area contributed by atoms with Gasteiger partial charge in [0.2, 0.25) is 10.0 Å². The van der Waals surface area contributed by atoms with Crippen molar-refractivity contribution in [2.45, 2.75) is 13.8 Å². The predicted octanol–water partition coefficient (Wildman–Crippen LogP) is 1.04. The maximum Gasteiger partial charge on any atom is 0.224 e. The van der Waals surface area contributed by atoms with Crippen molar-refractivity contribution in [2.24, 2.45) is 0 Å². The summed E-state index contributed by atoms with van der Waals surface area (Å²) in [4.78, 5) is 0. The van der Waals surface area contributed by atoms with Gasteiger partial charge in [0.05, 0.1) is 13.2 Å². The Kier molecular flexibility index (Phi) is 9.53. The highest BCUT2D eigenvalue weighted by molar-refractivity contribution is 9.10. The van der Waals surface area contributed by atoms with Crippen LogP contribution in [-0.2, 0) is 19.5 Å². The van der Waals surface area contributed by atoms with E-state index in [4.69, 9.17) is 9.47 Å². The zero-order chi connectivity index (χ0) is 12.4. The summed E-state index contributed by atoms with van der Waals surface area (Å²) in [6.45, 7) is 6.50. The molecule has 7 heteroatoms. The molecule has 0 aromatic heterocycles. The zero-order valence-corrected chi connectivity index (χ0v) is 12.2. The minimum atomic E-state index is -3.23. The van der Waals surface area contributed by atoms with E-state index >= 15 is 0 Å². The molecule has 0 atom stereocenters. The molecule has 5 nitrogen and oxygen atoms in total. The third-order valence-electron chi connectivity index (χ3n) is 1.91. The van der Waals surface area contributed by atoms with Gasteiger partial charge in [-0.1, -0.05) is 15.9 Å². The van der Waals surface area contributed by atoms with E-state index in [9.17, 15) is 8.42 Å². The van der Waals surface area contributed by atoms with Crippen molar-refractivity contribution < 1.29 is 17.9 Å². The van der Waals surface area contributed by atoms with Gasteiger partial charge in [-0.2, -0.15) is 4.31 Å². The van der Waals surface area contributed by atoms with Gasteiger partial charge in [0.25, 0.3) is 0 Å². The molecular weight excluding hydrogens is 298 g/mol. The maximum atomic E-state index is 11.7. The summed E-state index contributed by atoms with van der Waals surface area (Å²) in [5.74, 6) is 0. The molecule has 0 bridgehead atoms. The monoisotopic (exact) mass is 317 g/mol. The Hall–Kier alpha value is 0.310. The van der Waals surface area contributed by atoms with Gasteiger partial charge in [-0.05, 0) is 13.8 Å². The SMILES string of the molecule is CCOCCN(CCOCC)S(=O)(=O)CBr. The van der Waals surface area contributed by atoms with Gasteiger partial charge in [0.15, 0.2) is 0 Å². The van der Waals surface area contributed by atoms with Crippen LogP contribution in [0.25, 0.3) is 0 Å². The summed E-state index contributed by atoms with van der Waals surface area (Å²) in [7, 11) is -3.23. The van der Waals surface area contributed by atoms with E-state index in [2.05, 4.69) is 15.9 Å². The van der Waals surface area contributed by atoms with Crippen molar-refractivity contribution >= 4 is 26.0 Å². The van der Waals surface area contributed by atoms with E-state index in [1.165, 1.54) is 4.31 Å². The molecule has 0 aliphatic carbocycles. The van der Waals surface area contributed by atoms with Crippen molar-refractivity contribution in [3.05, 3.63) is 0 Å². The Morgan fingerprint density at radius 3 is 1.81 bits per heavy atom. The van der Waals surface area contributed by atoms with Crippen molar-refractivity contribution in [1.82, 2.24) is 4.31 Å². The summed E-state index contributed by atoms with van der Waals surface area (Å²) in [5.41, 5.74) is 0. The highest BCUT2D eigenvalue weighted by Gasteiger charge is 2.19. The molecule has 0 amide bonds. The number of hydrogen-bond donors (Lipinski definition) is 0. The van der Waals surface area contributed by atoms with Crippen LogP contribution in [0.1, 0.15) is 13.8 Å². The highest BCUT2D eigenvalue weighted by atomic mass is 79.9. The molecule has 0 rings (SSSR count). The average Bonchev–Trinajstić information content (AvgIpc) is 2.27. The van der Waals surface area contributed by atoms with Crippen LogP contribution in [0.3, 0.4) is 0 Å². The fourth-order valence-corrected chi connectivity index (χ4v) is 2.79. The number of rotatable bonds is 10. The Morgan fingerprint density at radius 2 is 1.50 bits per heavy atom. The number of alkyl halides is 1. The third-order valence-corrected chi connectivity index (χ3v) is 5.07. The maximum absolute atomic E-state index is 11.7. The number of hydrogen-bond acceptors (Lipinski definition) is 4. The average molecular weight is 318 g/mol. The molecule has 16 heavy (non-hydrogen) atoms. The van der Waals surface area contributed by atoms with Crippen LogP contribution < -0.4 is 0 Å². The lowest BCUT2D eigenvalue weighted by Crippen LogP contribution is -2.37. The molecule has 0 aliphatic rings. The van der Waals surface area contributed by atoms with Crippen LogP contribution in [0.5, 0.6) is 0 Å². The molecule has 0 spiro atoms. The summed E-state index contributed by atoms with van der Waals surface area (Å²) < 4.78 is 34.9. The Labute approximate surface area is 106 Å². The van der Waals surface area contributed by atoms with E-state index < -0.39 is 10.0 Å². The van der Waals surface area contributed by atoms with Crippen LogP contribution in [0.4, 0.5) is 0 Å². The summed E-state index contributed by atoms with van der Waals surface area (Å²) in [6.07, 6.45) is 0. The van der Waals surface area contributed by atoms with Crippen LogP contribution in [0.15, 0.2) is 0 Å². The van der Waals surface area contributed by atoms with Gasteiger partial charge in [0.1, 0.15) is 4.66 Å². The molecular formula is C9H20BrNO4S. The lowest BCUT2D eigenvalue weighted by molar-refractivity contribution is 0.110. The highest BCUT2D eigenvalue weighted by Crippen LogP contribution is 2.04. The fourth-order valence-electron chi connectivity index (χ4n) is 1.08. The van der Waals surface area contributed by atoms with Crippen LogP contribution in [0, 0.1) is 0 Å². The fraction of sp³-hybridized carbons (Fsp3) is 1.00. The van der Waals surface area contributed by atoms with E-state index in [1.807, 2.05) is 13.8 Å². The first-order chi connectivity index (χ1) is 7.58. The molecule has 0 saturated carbocycles. The first-order valence-electron chi connectivity index (χ1n) is 5.27. The molecule has 0 aliphatic heterocycles. The van der Waals surface area contributed by atoms with Gasteiger partial charge < -0.3 is 9.47 Å². The van der Waals surface area contributed by atoms with Crippen molar-refractivity contribution in [1.29, 1.82) is 0 Å². The standard InChI is InChI=1S/C9H20BrNO4S/c1-3-14-7-5-11(6-8-15-4-2)16(12,13)9-10/h3-9H2,1-2H3. The lowest BCUT2D eigenvalue weighted by atomic mass is 10.6. The van der Waals surface area contributed by atoms with Crippen LogP contribution in [-0.4, -0.2) is 56.9 Å². The largest absolute Gasteiger partial charge is 0.380 e. The predicted molar refractivity (Wildman–Crippen MR) is 67.3 cm³/mol. The lowest BCUT2D eigenvalue weighted by Gasteiger charge is -2.20. The first kappa shape index (κ1) is 16.3. The Morgan fingerprint density at radius 1 is 1.06 bits per heavy atom. The van der Waals surface area contributed by atoms with Gasteiger partial charge in [-0.25, -0.2) is 8.42 Å². The molecule has 0 unspecified atom stereocenters. The number of ether oxygens (including phenoxy) is 2. The number of nitrogens with zero attached hydrogens (tertiary/aromatic N) is 1. The number of sulfonamides is 1. The Balaban J connectivity index is 4.16. The molecule has 0 saturated heterocycles. The second kappa shape index (κ2) is 9.35. The molecule has 0 radical (unpaired) electrons. The smallest absolute Gasteiger partial charge is 0.224 e. The van der Waals surface area contributed by atoms with Crippen molar-refractivity contribution in [3.63, 3.8) is 0 Å². The molecule has 0 aromatic carbocycles. The molecule has 0 fully saturated rings. The minimum absolute atomic E-state index is 0.0712. The number of halogens is 1. The minimum Gasteiger partial charge on any atom is -0.380 e.